The average molecular weight is 452 g/mol. The van der Waals surface area contributed by atoms with Crippen LogP contribution in [0.4, 0.5) is 9.18 Å². The Balaban J connectivity index is 1.82. The van der Waals surface area contributed by atoms with E-state index in [4.69, 9.17) is 9.26 Å². The van der Waals surface area contributed by atoms with Crippen molar-refractivity contribution >= 4 is 11.6 Å². The van der Waals surface area contributed by atoms with Gasteiger partial charge in [0, 0.05) is 17.8 Å². The number of carbonyl (C=O) groups excluding carboxylic acids is 1. The van der Waals surface area contributed by atoms with Crippen molar-refractivity contribution in [2.75, 3.05) is 13.7 Å². The number of amides is 2. The topological polar surface area (TPSA) is 101 Å². The van der Waals surface area contributed by atoms with Crippen molar-refractivity contribution in [2.24, 2.45) is 5.92 Å². The molecule has 0 bridgehead atoms. The normalized spacial score (nSPS) is 16.4. The second-order valence-electron chi connectivity index (χ2n) is 8.25. The molecule has 1 atom stereocenters. The van der Waals surface area contributed by atoms with Crippen LogP contribution in [0.5, 0.6) is 11.5 Å². The lowest BCUT2D eigenvalue weighted by molar-refractivity contribution is 0.199. The molecular formula is C24H25FN4O4. The SMILES string of the molecule is COc1ccc(C2NC(=O)N(CC(C)C)C(C)=C2c2nc(-c3ccc(F)cc3)no2)cc1O. The number of aromatic hydroxyl groups is 1. The minimum atomic E-state index is -0.640. The smallest absolute Gasteiger partial charge is 0.322 e. The number of nitrogens with one attached hydrogen (secondary N) is 1. The Labute approximate surface area is 190 Å². The van der Waals surface area contributed by atoms with Crippen molar-refractivity contribution < 1.29 is 23.6 Å². The third kappa shape index (κ3) is 4.39. The molecule has 0 radical (unpaired) electrons. The van der Waals surface area contributed by atoms with E-state index in [1.54, 1.807) is 29.2 Å². The molecule has 1 unspecified atom stereocenters. The van der Waals surface area contributed by atoms with Gasteiger partial charge in [0.2, 0.25) is 5.82 Å². The highest BCUT2D eigenvalue weighted by Crippen LogP contribution is 2.39. The van der Waals surface area contributed by atoms with Crippen LogP contribution >= 0.6 is 0 Å². The first-order valence-electron chi connectivity index (χ1n) is 10.5. The van der Waals surface area contributed by atoms with E-state index in [-0.39, 0.29) is 29.4 Å². The summed E-state index contributed by atoms with van der Waals surface area (Å²) >= 11 is 0. The fourth-order valence-electron chi connectivity index (χ4n) is 3.83. The van der Waals surface area contributed by atoms with Gasteiger partial charge in [-0.15, -0.1) is 0 Å². The van der Waals surface area contributed by atoms with Gasteiger partial charge >= 0.3 is 6.03 Å². The van der Waals surface area contributed by atoms with Crippen molar-refractivity contribution in [2.45, 2.75) is 26.8 Å². The summed E-state index contributed by atoms with van der Waals surface area (Å²) in [5.41, 5.74) is 2.51. The molecule has 0 aliphatic carbocycles. The maximum Gasteiger partial charge on any atom is 0.322 e. The minimum absolute atomic E-state index is 0.0524. The Morgan fingerprint density at radius 2 is 1.97 bits per heavy atom. The van der Waals surface area contributed by atoms with Crippen molar-refractivity contribution in [1.82, 2.24) is 20.4 Å². The Hall–Kier alpha value is -3.88. The summed E-state index contributed by atoms with van der Waals surface area (Å²) in [5.74, 6) is 0.657. The molecule has 33 heavy (non-hydrogen) atoms. The molecule has 1 aliphatic heterocycles. The van der Waals surface area contributed by atoms with Gasteiger partial charge in [0.15, 0.2) is 11.5 Å². The lowest BCUT2D eigenvalue weighted by Crippen LogP contribution is -2.47. The zero-order valence-corrected chi connectivity index (χ0v) is 18.8. The van der Waals surface area contributed by atoms with Gasteiger partial charge in [-0.2, -0.15) is 4.98 Å². The molecule has 0 spiro atoms. The van der Waals surface area contributed by atoms with Gasteiger partial charge in [0.05, 0.1) is 18.7 Å². The van der Waals surface area contributed by atoms with Crippen LogP contribution in [0.15, 0.2) is 52.7 Å². The quantitative estimate of drug-likeness (QED) is 0.560. The number of hydrogen-bond donors (Lipinski definition) is 2. The van der Waals surface area contributed by atoms with E-state index in [1.807, 2.05) is 20.8 Å². The summed E-state index contributed by atoms with van der Waals surface area (Å²) in [7, 11) is 1.46. The fraction of sp³-hybridized carbons (Fsp3) is 0.292. The Morgan fingerprint density at radius 1 is 1.24 bits per heavy atom. The summed E-state index contributed by atoms with van der Waals surface area (Å²) in [6.07, 6.45) is 0. The van der Waals surface area contributed by atoms with Crippen LogP contribution in [0.1, 0.15) is 38.3 Å². The first-order chi connectivity index (χ1) is 15.8. The fourth-order valence-corrected chi connectivity index (χ4v) is 3.83. The molecule has 1 aliphatic rings. The first kappa shape index (κ1) is 22.3. The van der Waals surface area contributed by atoms with Crippen molar-refractivity contribution in [3.63, 3.8) is 0 Å². The van der Waals surface area contributed by atoms with Crippen LogP contribution in [0.3, 0.4) is 0 Å². The Morgan fingerprint density at radius 3 is 2.61 bits per heavy atom. The Kier molecular flexibility index (Phi) is 6.04. The first-order valence-corrected chi connectivity index (χ1v) is 10.5. The molecule has 2 amide bonds. The number of allylic oxidation sites excluding steroid dienone is 1. The van der Waals surface area contributed by atoms with E-state index in [1.165, 1.54) is 25.3 Å². The highest BCUT2D eigenvalue weighted by atomic mass is 19.1. The van der Waals surface area contributed by atoms with Crippen molar-refractivity contribution in [3.05, 3.63) is 65.4 Å². The molecule has 172 valence electrons. The average Bonchev–Trinajstić information content (AvgIpc) is 3.26. The number of phenols is 1. The van der Waals surface area contributed by atoms with E-state index in [0.717, 1.165) is 0 Å². The second kappa shape index (κ2) is 8.93. The number of halogens is 1. The highest BCUT2D eigenvalue weighted by Gasteiger charge is 2.36. The number of aromatic nitrogens is 2. The van der Waals surface area contributed by atoms with Crippen LogP contribution in [0.25, 0.3) is 17.0 Å². The number of phenolic OH excluding ortho intramolecular Hbond substituents is 1. The molecule has 0 fully saturated rings. The summed E-state index contributed by atoms with van der Waals surface area (Å²) in [6.45, 7) is 6.37. The number of rotatable bonds is 6. The van der Waals surface area contributed by atoms with E-state index in [9.17, 15) is 14.3 Å². The molecule has 4 rings (SSSR count). The maximum atomic E-state index is 13.3. The highest BCUT2D eigenvalue weighted by molar-refractivity contribution is 5.87. The zero-order chi connectivity index (χ0) is 23.7. The molecule has 0 saturated heterocycles. The molecule has 0 saturated carbocycles. The molecule has 2 N–H and O–H groups in total. The van der Waals surface area contributed by atoms with Gasteiger partial charge in [0.1, 0.15) is 5.82 Å². The van der Waals surface area contributed by atoms with Crippen LogP contribution < -0.4 is 10.1 Å². The number of methoxy groups -OCH3 is 1. The number of hydrogen-bond acceptors (Lipinski definition) is 6. The lowest BCUT2D eigenvalue weighted by atomic mass is 9.94. The number of nitrogens with zero attached hydrogens (tertiary/aromatic N) is 3. The summed E-state index contributed by atoms with van der Waals surface area (Å²) in [4.78, 5) is 19.1. The van der Waals surface area contributed by atoms with Gasteiger partial charge in [-0.05, 0) is 54.8 Å². The minimum Gasteiger partial charge on any atom is -0.504 e. The van der Waals surface area contributed by atoms with Gasteiger partial charge in [-0.25, -0.2) is 9.18 Å². The molecule has 3 aromatic rings. The number of carbonyl (C=O) groups is 1. The molecule has 2 aromatic carbocycles. The summed E-state index contributed by atoms with van der Waals surface area (Å²) in [5, 5.41) is 17.4. The third-order valence-corrected chi connectivity index (χ3v) is 5.44. The van der Waals surface area contributed by atoms with Gasteiger partial charge in [-0.1, -0.05) is 25.1 Å². The standard InChI is InChI=1S/C24H25FN4O4/c1-13(2)12-29-14(3)20(23-27-22(28-33-23)15-5-8-17(25)9-6-15)21(26-24(29)31)16-7-10-19(32-4)18(30)11-16/h5-11,13,21,30H,12H2,1-4H3,(H,26,31). The molecule has 8 nitrogen and oxygen atoms in total. The molecule has 9 heteroatoms. The third-order valence-electron chi connectivity index (χ3n) is 5.44. The molecule has 1 aromatic heterocycles. The van der Waals surface area contributed by atoms with E-state index in [2.05, 4.69) is 15.5 Å². The van der Waals surface area contributed by atoms with Crippen LogP contribution in [-0.2, 0) is 0 Å². The maximum absolute atomic E-state index is 13.3. The number of urea groups is 1. The largest absolute Gasteiger partial charge is 0.504 e. The van der Waals surface area contributed by atoms with Crippen molar-refractivity contribution in [3.8, 4) is 22.9 Å². The van der Waals surface area contributed by atoms with Crippen LogP contribution in [-0.4, -0.2) is 39.8 Å². The van der Waals surface area contributed by atoms with Crippen LogP contribution in [0, 0.1) is 11.7 Å². The monoisotopic (exact) mass is 452 g/mol. The predicted molar refractivity (Wildman–Crippen MR) is 120 cm³/mol. The van der Waals surface area contributed by atoms with E-state index < -0.39 is 6.04 Å². The predicted octanol–water partition coefficient (Wildman–Crippen LogP) is 4.74. The molecule has 2 heterocycles. The summed E-state index contributed by atoms with van der Waals surface area (Å²) < 4.78 is 24.0. The van der Waals surface area contributed by atoms with Gasteiger partial charge < -0.3 is 19.7 Å². The molecular weight excluding hydrogens is 427 g/mol. The second-order valence-corrected chi connectivity index (χ2v) is 8.25. The number of benzene rings is 2. The van der Waals surface area contributed by atoms with Gasteiger partial charge in [0.25, 0.3) is 5.89 Å². The van der Waals surface area contributed by atoms with Gasteiger partial charge in [-0.3, -0.25) is 4.90 Å². The Bertz CT molecular complexity index is 1200. The summed E-state index contributed by atoms with van der Waals surface area (Å²) in [6, 6.07) is 9.80. The lowest BCUT2D eigenvalue weighted by Gasteiger charge is -2.36. The number of ether oxygens (including phenoxy) is 1. The van der Waals surface area contributed by atoms with E-state index >= 15 is 0 Å². The van der Waals surface area contributed by atoms with E-state index in [0.29, 0.717) is 40.5 Å². The zero-order valence-electron chi connectivity index (χ0n) is 18.8. The van der Waals surface area contributed by atoms with Crippen molar-refractivity contribution in [1.29, 1.82) is 0 Å². The van der Waals surface area contributed by atoms with Crippen LogP contribution in [0.2, 0.25) is 0 Å².